The molecule has 0 bridgehead atoms. The number of amides is 3. The molecular formula is C18H20N2O6S2. The van der Waals surface area contributed by atoms with E-state index in [0.717, 1.165) is 22.2 Å². The molecule has 1 atom stereocenters. The lowest BCUT2D eigenvalue weighted by Crippen LogP contribution is -2.38. The highest BCUT2D eigenvalue weighted by molar-refractivity contribution is 8.18. The van der Waals surface area contributed by atoms with E-state index in [1.54, 1.807) is 37.5 Å². The predicted molar refractivity (Wildman–Crippen MR) is 105 cm³/mol. The van der Waals surface area contributed by atoms with Crippen LogP contribution in [0.1, 0.15) is 18.4 Å². The highest BCUT2D eigenvalue weighted by Crippen LogP contribution is 2.32. The summed E-state index contributed by atoms with van der Waals surface area (Å²) in [5.74, 6) is -0.190. The van der Waals surface area contributed by atoms with Crippen LogP contribution in [0, 0.1) is 0 Å². The minimum absolute atomic E-state index is 0.0502. The van der Waals surface area contributed by atoms with Crippen molar-refractivity contribution in [2.24, 2.45) is 0 Å². The Balaban J connectivity index is 1.57. The van der Waals surface area contributed by atoms with Crippen LogP contribution in [0.4, 0.5) is 4.79 Å². The molecule has 1 N–H and O–H groups in total. The standard InChI is InChI=1S/C18H20N2O6S2/c1-26-14-4-2-3-12(9-14)10-15-17(22)20(18(23)27-15)7-5-16(21)19-13-6-8-28(24,25)11-13/h2-4,9-10,13H,5-8,11H2,1H3,(H,19,21)/b15-10-/t13-/m1/s1. The number of methoxy groups -OCH3 is 1. The smallest absolute Gasteiger partial charge is 0.293 e. The highest BCUT2D eigenvalue weighted by Gasteiger charge is 2.35. The number of benzene rings is 1. The molecule has 1 aromatic rings. The second-order valence-corrected chi connectivity index (χ2v) is 9.75. The molecule has 2 saturated heterocycles. The molecule has 0 radical (unpaired) electrons. The zero-order chi connectivity index (χ0) is 20.3. The number of hydrogen-bond donors (Lipinski definition) is 1. The van der Waals surface area contributed by atoms with Crippen molar-refractivity contribution in [3.05, 3.63) is 34.7 Å². The van der Waals surface area contributed by atoms with Gasteiger partial charge in [0.2, 0.25) is 5.91 Å². The van der Waals surface area contributed by atoms with E-state index in [-0.39, 0.29) is 35.3 Å². The molecule has 0 spiro atoms. The minimum atomic E-state index is -3.08. The van der Waals surface area contributed by atoms with Crippen molar-refractivity contribution >= 4 is 44.7 Å². The summed E-state index contributed by atoms with van der Waals surface area (Å²) in [5, 5.41) is 2.21. The van der Waals surface area contributed by atoms with Crippen LogP contribution < -0.4 is 10.1 Å². The molecule has 0 aliphatic carbocycles. The van der Waals surface area contributed by atoms with Crippen molar-refractivity contribution in [3.8, 4) is 5.75 Å². The summed E-state index contributed by atoms with van der Waals surface area (Å²) >= 11 is 0.821. The average molecular weight is 425 g/mol. The minimum Gasteiger partial charge on any atom is -0.497 e. The number of ether oxygens (including phenoxy) is 1. The Kier molecular flexibility index (Phi) is 6.09. The van der Waals surface area contributed by atoms with Crippen LogP contribution in [0.2, 0.25) is 0 Å². The van der Waals surface area contributed by atoms with Gasteiger partial charge in [0.05, 0.1) is 23.5 Å². The van der Waals surface area contributed by atoms with E-state index in [4.69, 9.17) is 4.74 Å². The van der Waals surface area contributed by atoms with Gasteiger partial charge in [-0.1, -0.05) is 12.1 Å². The van der Waals surface area contributed by atoms with Gasteiger partial charge in [0, 0.05) is 19.0 Å². The number of rotatable bonds is 6. The lowest BCUT2D eigenvalue weighted by molar-refractivity contribution is -0.124. The van der Waals surface area contributed by atoms with Crippen molar-refractivity contribution in [1.29, 1.82) is 0 Å². The zero-order valence-corrected chi connectivity index (χ0v) is 16.8. The molecule has 3 rings (SSSR count). The summed E-state index contributed by atoms with van der Waals surface area (Å²) in [6.07, 6.45) is 1.93. The average Bonchev–Trinajstić information content (AvgIpc) is 3.11. The summed E-state index contributed by atoms with van der Waals surface area (Å²) in [6, 6.07) is 6.69. The van der Waals surface area contributed by atoms with Gasteiger partial charge in [0.25, 0.3) is 11.1 Å². The highest BCUT2D eigenvalue weighted by atomic mass is 32.2. The molecule has 8 nitrogen and oxygen atoms in total. The van der Waals surface area contributed by atoms with Crippen LogP contribution in [0.15, 0.2) is 29.2 Å². The normalized spacial score (nSPS) is 22.7. The van der Waals surface area contributed by atoms with E-state index in [0.29, 0.717) is 12.2 Å². The van der Waals surface area contributed by atoms with E-state index in [1.165, 1.54) is 0 Å². The van der Waals surface area contributed by atoms with E-state index in [9.17, 15) is 22.8 Å². The molecule has 2 aliphatic rings. The van der Waals surface area contributed by atoms with Crippen LogP contribution in [0.5, 0.6) is 5.75 Å². The fourth-order valence-corrected chi connectivity index (χ4v) is 5.54. The molecule has 2 aliphatic heterocycles. The van der Waals surface area contributed by atoms with E-state index in [2.05, 4.69) is 5.32 Å². The second kappa shape index (κ2) is 8.36. The quantitative estimate of drug-likeness (QED) is 0.688. The largest absolute Gasteiger partial charge is 0.497 e. The molecule has 2 heterocycles. The number of imide groups is 1. The first-order valence-corrected chi connectivity index (χ1v) is 11.3. The number of sulfone groups is 1. The molecule has 3 amide bonds. The Hall–Kier alpha value is -2.33. The molecule has 150 valence electrons. The molecule has 1 aromatic carbocycles. The lowest BCUT2D eigenvalue weighted by Gasteiger charge is -2.14. The molecule has 0 aromatic heterocycles. The first-order chi connectivity index (χ1) is 13.3. The number of nitrogens with one attached hydrogen (secondary N) is 1. The Morgan fingerprint density at radius 1 is 1.39 bits per heavy atom. The van der Waals surface area contributed by atoms with Gasteiger partial charge < -0.3 is 10.1 Å². The first-order valence-electron chi connectivity index (χ1n) is 8.66. The number of hydrogen-bond acceptors (Lipinski definition) is 7. The Morgan fingerprint density at radius 2 is 2.18 bits per heavy atom. The van der Waals surface area contributed by atoms with Crippen LogP contribution in [0.3, 0.4) is 0 Å². The number of thioether (sulfide) groups is 1. The number of nitrogens with zero attached hydrogens (tertiary/aromatic N) is 1. The zero-order valence-electron chi connectivity index (χ0n) is 15.2. The van der Waals surface area contributed by atoms with Gasteiger partial charge in [-0.05, 0) is 42.0 Å². The SMILES string of the molecule is COc1cccc(/C=C2\SC(=O)N(CCC(=O)N[C@@H]3CCS(=O)(=O)C3)C2=O)c1. The van der Waals surface area contributed by atoms with Gasteiger partial charge >= 0.3 is 0 Å². The summed E-state index contributed by atoms with van der Waals surface area (Å²) in [5.41, 5.74) is 0.727. The van der Waals surface area contributed by atoms with Gasteiger partial charge in [-0.15, -0.1) is 0 Å². The van der Waals surface area contributed by atoms with E-state index < -0.39 is 27.0 Å². The maximum atomic E-state index is 12.5. The molecule has 28 heavy (non-hydrogen) atoms. The third kappa shape index (κ3) is 4.93. The Morgan fingerprint density at radius 3 is 2.86 bits per heavy atom. The summed E-state index contributed by atoms with van der Waals surface area (Å²) in [4.78, 5) is 38.0. The predicted octanol–water partition coefficient (Wildman–Crippen LogP) is 1.42. The molecule has 0 saturated carbocycles. The second-order valence-electron chi connectivity index (χ2n) is 6.53. The van der Waals surface area contributed by atoms with Crippen molar-refractivity contribution in [2.75, 3.05) is 25.2 Å². The third-order valence-electron chi connectivity index (χ3n) is 4.43. The molecule has 10 heteroatoms. The van der Waals surface area contributed by atoms with E-state index in [1.807, 2.05) is 0 Å². The third-order valence-corrected chi connectivity index (χ3v) is 7.10. The summed E-state index contributed by atoms with van der Waals surface area (Å²) < 4.78 is 28.0. The molecular weight excluding hydrogens is 404 g/mol. The number of carbonyl (C=O) groups excluding carboxylic acids is 3. The van der Waals surface area contributed by atoms with Crippen molar-refractivity contribution in [3.63, 3.8) is 0 Å². The summed E-state index contributed by atoms with van der Waals surface area (Å²) in [6.45, 7) is -0.0502. The van der Waals surface area contributed by atoms with Gasteiger partial charge in [-0.2, -0.15) is 0 Å². The van der Waals surface area contributed by atoms with Crippen LogP contribution >= 0.6 is 11.8 Å². The van der Waals surface area contributed by atoms with Crippen LogP contribution in [-0.2, 0) is 19.4 Å². The van der Waals surface area contributed by atoms with Crippen LogP contribution in [-0.4, -0.2) is 61.6 Å². The monoisotopic (exact) mass is 424 g/mol. The fraction of sp³-hybridized carbons (Fsp3) is 0.389. The van der Waals surface area contributed by atoms with Gasteiger partial charge in [0.1, 0.15) is 5.75 Å². The lowest BCUT2D eigenvalue weighted by atomic mass is 10.2. The van der Waals surface area contributed by atoms with Crippen molar-refractivity contribution < 1.29 is 27.5 Å². The van der Waals surface area contributed by atoms with Crippen molar-refractivity contribution in [2.45, 2.75) is 18.9 Å². The summed E-state index contributed by atoms with van der Waals surface area (Å²) in [7, 11) is -1.54. The Bertz CT molecular complexity index is 941. The maximum Gasteiger partial charge on any atom is 0.293 e. The fourth-order valence-electron chi connectivity index (χ4n) is 3.00. The topological polar surface area (TPSA) is 110 Å². The molecule has 2 fully saturated rings. The Labute approximate surface area is 167 Å². The maximum absolute atomic E-state index is 12.5. The molecule has 0 unspecified atom stereocenters. The van der Waals surface area contributed by atoms with Gasteiger partial charge in [-0.3, -0.25) is 19.3 Å². The first kappa shape index (κ1) is 20.4. The van der Waals surface area contributed by atoms with Crippen LogP contribution in [0.25, 0.3) is 6.08 Å². The number of carbonyl (C=O) groups is 3. The van der Waals surface area contributed by atoms with Gasteiger partial charge in [0.15, 0.2) is 9.84 Å². The van der Waals surface area contributed by atoms with Gasteiger partial charge in [-0.25, -0.2) is 8.42 Å². The van der Waals surface area contributed by atoms with Crippen molar-refractivity contribution in [1.82, 2.24) is 10.2 Å². The van der Waals surface area contributed by atoms with E-state index >= 15 is 0 Å².